The summed E-state index contributed by atoms with van der Waals surface area (Å²) in [4.78, 5) is 3.01. The third kappa shape index (κ3) is 4.18. The summed E-state index contributed by atoms with van der Waals surface area (Å²) >= 11 is 5.12. The number of nitrogens with two attached hydrogens (primary N) is 1. The van der Waals surface area contributed by atoms with Crippen molar-refractivity contribution < 1.29 is 0 Å². The number of aryl methyl sites for hydroxylation is 1. The monoisotopic (exact) mass is 291 g/mol. The van der Waals surface area contributed by atoms with Gasteiger partial charge >= 0.3 is 0 Å². The Morgan fingerprint density at radius 3 is 2.75 bits per heavy atom. The van der Waals surface area contributed by atoms with Crippen molar-refractivity contribution in [2.24, 2.45) is 11.7 Å². The molecule has 0 aromatic heterocycles. The molecule has 1 saturated heterocycles. The van der Waals surface area contributed by atoms with E-state index in [1.165, 1.54) is 38.0 Å². The topological polar surface area (TPSA) is 41.3 Å². The maximum absolute atomic E-state index is 5.79. The highest BCUT2D eigenvalue weighted by molar-refractivity contribution is 7.80. The summed E-state index contributed by atoms with van der Waals surface area (Å²) in [6, 6.07) is 6.18. The molecule has 1 unspecified atom stereocenters. The van der Waals surface area contributed by atoms with E-state index in [0.29, 0.717) is 10.9 Å². The van der Waals surface area contributed by atoms with Crippen molar-refractivity contribution in [1.29, 1.82) is 0 Å². The zero-order valence-corrected chi connectivity index (χ0v) is 13.3. The molecule has 1 heterocycles. The van der Waals surface area contributed by atoms with Gasteiger partial charge in [-0.25, -0.2) is 0 Å². The lowest BCUT2D eigenvalue weighted by molar-refractivity contribution is 0.294. The lowest BCUT2D eigenvalue weighted by atomic mass is 10.1. The summed E-state index contributed by atoms with van der Waals surface area (Å²) in [6.45, 7) is 9.01. The molecule has 20 heavy (non-hydrogen) atoms. The Labute approximate surface area is 127 Å². The SMILES string of the molecule is Cc1ccc(C(N)=S)c(NCC(C)CN2CCCC2)c1. The van der Waals surface area contributed by atoms with Crippen molar-refractivity contribution in [3.8, 4) is 0 Å². The lowest BCUT2D eigenvalue weighted by Crippen LogP contribution is -2.29. The molecule has 3 nitrogen and oxygen atoms in total. The van der Waals surface area contributed by atoms with Gasteiger partial charge in [-0.1, -0.05) is 25.2 Å². The van der Waals surface area contributed by atoms with Crippen molar-refractivity contribution in [1.82, 2.24) is 4.90 Å². The quantitative estimate of drug-likeness (QED) is 0.791. The van der Waals surface area contributed by atoms with Gasteiger partial charge in [-0.05, 0) is 56.5 Å². The maximum atomic E-state index is 5.79. The van der Waals surface area contributed by atoms with Crippen LogP contribution < -0.4 is 11.1 Å². The van der Waals surface area contributed by atoms with Gasteiger partial charge in [0.15, 0.2) is 0 Å². The molecule has 1 atom stereocenters. The first-order valence-electron chi connectivity index (χ1n) is 7.43. The summed E-state index contributed by atoms with van der Waals surface area (Å²) < 4.78 is 0. The molecule has 0 aliphatic carbocycles. The number of hydrogen-bond acceptors (Lipinski definition) is 3. The molecule has 1 fully saturated rings. The second-order valence-electron chi connectivity index (χ2n) is 5.91. The maximum Gasteiger partial charge on any atom is 0.106 e. The number of anilines is 1. The Kier molecular flexibility index (Phi) is 5.38. The van der Waals surface area contributed by atoms with Gasteiger partial charge < -0.3 is 16.0 Å². The Bertz CT molecular complexity index is 467. The third-order valence-corrected chi connectivity index (χ3v) is 4.07. The molecule has 1 aliphatic rings. The fourth-order valence-electron chi connectivity index (χ4n) is 2.77. The molecule has 1 aromatic rings. The number of rotatable bonds is 6. The highest BCUT2D eigenvalue weighted by atomic mass is 32.1. The first-order valence-corrected chi connectivity index (χ1v) is 7.84. The molecule has 3 N–H and O–H groups in total. The van der Waals surface area contributed by atoms with Crippen molar-refractivity contribution >= 4 is 22.9 Å². The Balaban J connectivity index is 1.92. The van der Waals surface area contributed by atoms with Crippen LogP contribution in [0.4, 0.5) is 5.69 Å². The van der Waals surface area contributed by atoms with Crippen LogP contribution in [0.3, 0.4) is 0 Å². The minimum atomic E-state index is 0.458. The first-order chi connectivity index (χ1) is 9.56. The third-order valence-electron chi connectivity index (χ3n) is 3.85. The van der Waals surface area contributed by atoms with E-state index in [1.54, 1.807) is 0 Å². The van der Waals surface area contributed by atoms with Crippen LogP contribution in [0.25, 0.3) is 0 Å². The summed E-state index contributed by atoms with van der Waals surface area (Å²) in [5.41, 5.74) is 9.01. The summed E-state index contributed by atoms with van der Waals surface area (Å²) in [5.74, 6) is 0.618. The minimum Gasteiger partial charge on any atom is -0.389 e. The number of benzene rings is 1. The average Bonchev–Trinajstić information content (AvgIpc) is 2.89. The molecule has 2 rings (SSSR count). The zero-order chi connectivity index (χ0) is 14.5. The highest BCUT2D eigenvalue weighted by Crippen LogP contribution is 2.18. The van der Waals surface area contributed by atoms with E-state index in [4.69, 9.17) is 18.0 Å². The summed E-state index contributed by atoms with van der Waals surface area (Å²) in [5, 5.41) is 3.51. The molecule has 0 saturated carbocycles. The number of likely N-dealkylation sites (tertiary alicyclic amines) is 1. The fraction of sp³-hybridized carbons (Fsp3) is 0.562. The van der Waals surface area contributed by atoms with Crippen LogP contribution in [-0.2, 0) is 0 Å². The van der Waals surface area contributed by atoms with Crippen LogP contribution in [0.5, 0.6) is 0 Å². The summed E-state index contributed by atoms with van der Waals surface area (Å²) in [6.07, 6.45) is 2.70. The van der Waals surface area contributed by atoms with Crippen molar-refractivity contribution in [2.45, 2.75) is 26.7 Å². The molecule has 0 bridgehead atoms. The van der Waals surface area contributed by atoms with Gasteiger partial charge in [-0.15, -0.1) is 0 Å². The van der Waals surface area contributed by atoms with E-state index >= 15 is 0 Å². The predicted molar refractivity (Wildman–Crippen MR) is 90.4 cm³/mol. The molecule has 0 spiro atoms. The summed E-state index contributed by atoms with van der Waals surface area (Å²) in [7, 11) is 0. The van der Waals surface area contributed by atoms with Gasteiger partial charge in [-0.2, -0.15) is 0 Å². The second kappa shape index (κ2) is 7.04. The first kappa shape index (κ1) is 15.3. The second-order valence-corrected chi connectivity index (χ2v) is 6.35. The van der Waals surface area contributed by atoms with Crippen molar-refractivity contribution in [2.75, 3.05) is 31.5 Å². The van der Waals surface area contributed by atoms with E-state index in [1.807, 2.05) is 12.1 Å². The van der Waals surface area contributed by atoms with Crippen molar-refractivity contribution in [3.05, 3.63) is 29.3 Å². The van der Waals surface area contributed by atoms with Crippen LogP contribution in [0.2, 0.25) is 0 Å². The van der Waals surface area contributed by atoms with Crippen LogP contribution >= 0.6 is 12.2 Å². The van der Waals surface area contributed by atoms with Gasteiger partial charge in [0, 0.05) is 24.3 Å². The molecule has 4 heteroatoms. The molecular weight excluding hydrogens is 266 g/mol. The largest absolute Gasteiger partial charge is 0.389 e. The number of nitrogens with zero attached hydrogens (tertiary/aromatic N) is 1. The van der Waals surface area contributed by atoms with Gasteiger partial charge in [0.25, 0.3) is 0 Å². The number of hydrogen-bond donors (Lipinski definition) is 2. The van der Waals surface area contributed by atoms with Gasteiger partial charge in [0.05, 0.1) is 0 Å². The van der Waals surface area contributed by atoms with E-state index in [9.17, 15) is 0 Å². The molecule has 0 amide bonds. The van der Waals surface area contributed by atoms with E-state index < -0.39 is 0 Å². The highest BCUT2D eigenvalue weighted by Gasteiger charge is 2.15. The smallest absolute Gasteiger partial charge is 0.106 e. The van der Waals surface area contributed by atoms with Crippen LogP contribution in [0, 0.1) is 12.8 Å². The Hall–Kier alpha value is -1.13. The predicted octanol–water partition coefficient (Wildman–Crippen LogP) is 2.77. The van der Waals surface area contributed by atoms with E-state index in [-0.39, 0.29) is 0 Å². The van der Waals surface area contributed by atoms with E-state index in [0.717, 1.165) is 17.8 Å². The standard InChI is InChI=1S/C16H25N3S/c1-12-5-6-14(16(17)20)15(9-12)18-10-13(2)11-19-7-3-4-8-19/h5-6,9,13,18H,3-4,7-8,10-11H2,1-2H3,(H2,17,20). The number of nitrogens with one attached hydrogen (secondary N) is 1. The number of thiocarbonyl (C=S) groups is 1. The molecule has 0 radical (unpaired) electrons. The van der Waals surface area contributed by atoms with Gasteiger partial charge in [-0.3, -0.25) is 0 Å². The average molecular weight is 291 g/mol. The molecule has 1 aromatic carbocycles. The van der Waals surface area contributed by atoms with E-state index in [2.05, 4.69) is 30.1 Å². The van der Waals surface area contributed by atoms with Crippen LogP contribution in [0.1, 0.15) is 30.9 Å². The molecule has 1 aliphatic heterocycles. The molecular formula is C16H25N3S. The van der Waals surface area contributed by atoms with Crippen LogP contribution in [-0.4, -0.2) is 36.1 Å². The minimum absolute atomic E-state index is 0.458. The Morgan fingerprint density at radius 2 is 2.10 bits per heavy atom. The lowest BCUT2D eigenvalue weighted by Gasteiger charge is -2.21. The van der Waals surface area contributed by atoms with Gasteiger partial charge in [0.2, 0.25) is 0 Å². The van der Waals surface area contributed by atoms with Gasteiger partial charge in [0.1, 0.15) is 4.99 Å². The van der Waals surface area contributed by atoms with Crippen molar-refractivity contribution in [3.63, 3.8) is 0 Å². The zero-order valence-electron chi connectivity index (χ0n) is 12.5. The molecule has 110 valence electrons. The van der Waals surface area contributed by atoms with Crippen LogP contribution in [0.15, 0.2) is 18.2 Å². The normalized spacial score (nSPS) is 17.1. The Morgan fingerprint density at radius 1 is 1.40 bits per heavy atom. The fourth-order valence-corrected chi connectivity index (χ4v) is 2.95.